The second-order valence-corrected chi connectivity index (χ2v) is 6.24. The average Bonchev–Trinajstić information content (AvgIpc) is 3.07. The lowest BCUT2D eigenvalue weighted by molar-refractivity contribution is -0.645. The molecule has 0 saturated carbocycles. The minimum atomic E-state index is -0.472. The van der Waals surface area contributed by atoms with Crippen LogP contribution < -0.4 is 4.73 Å². The van der Waals surface area contributed by atoms with Crippen molar-refractivity contribution in [2.45, 2.75) is 17.2 Å². The predicted molar refractivity (Wildman–Crippen MR) is 86.1 cm³/mol. The second-order valence-electron chi connectivity index (χ2n) is 4.87. The first kappa shape index (κ1) is 15.9. The molecule has 0 fully saturated rings. The minimum absolute atomic E-state index is 0.00788. The molecule has 1 atom stereocenters. The number of pyridine rings is 1. The summed E-state index contributed by atoms with van der Waals surface area (Å²) in [6.07, 6.45) is 1.42. The minimum Gasteiger partial charge on any atom is -0.618 e. The van der Waals surface area contributed by atoms with E-state index in [1.807, 2.05) is 6.92 Å². The summed E-state index contributed by atoms with van der Waals surface area (Å²) in [6, 6.07) is 11.0. The Morgan fingerprint density at radius 3 is 2.62 bits per heavy atom. The van der Waals surface area contributed by atoms with E-state index in [1.54, 1.807) is 30.3 Å². The van der Waals surface area contributed by atoms with Gasteiger partial charge in [0.2, 0.25) is 11.8 Å². The lowest BCUT2D eigenvalue weighted by atomic mass is 10.2. The summed E-state index contributed by atoms with van der Waals surface area (Å²) in [4.78, 5) is 10.2. The van der Waals surface area contributed by atoms with E-state index in [0.29, 0.717) is 16.5 Å². The molecule has 0 radical (unpaired) electrons. The number of rotatable bonds is 5. The van der Waals surface area contributed by atoms with Crippen LogP contribution in [0.3, 0.4) is 0 Å². The van der Waals surface area contributed by atoms with Crippen LogP contribution in [0.25, 0.3) is 11.5 Å². The Bertz CT molecular complexity index is 866. The van der Waals surface area contributed by atoms with Crippen molar-refractivity contribution >= 4 is 17.4 Å². The van der Waals surface area contributed by atoms with Crippen molar-refractivity contribution < 1.29 is 14.1 Å². The number of benzene rings is 1. The quantitative estimate of drug-likeness (QED) is 0.230. The van der Waals surface area contributed by atoms with Gasteiger partial charge in [0.25, 0.3) is 10.7 Å². The standard InChI is InChI=1S/C15H12N4O4S/c1-10(24-13-4-2-3-9-18(13)20)14-16-17-15(23-14)11-5-7-12(8-6-11)19(21)22/h2-10H,1H3/t10-/m1/s1. The van der Waals surface area contributed by atoms with Gasteiger partial charge in [-0.15, -0.1) is 10.2 Å². The van der Waals surface area contributed by atoms with Gasteiger partial charge in [-0.05, 0) is 36.9 Å². The van der Waals surface area contributed by atoms with Gasteiger partial charge in [0.15, 0.2) is 6.20 Å². The molecule has 0 aliphatic carbocycles. The highest BCUT2D eigenvalue weighted by Gasteiger charge is 2.20. The van der Waals surface area contributed by atoms with Crippen molar-refractivity contribution in [3.8, 4) is 11.5 Å². The molecule has 0 bridgehead atoms. The van der Waals surface area contributed by atoms with Gasteiger partial charge in [-0.2, -0.15) is 4.73 Å². The Balaban J connectivity index is 1.77. The molecule has 2 heterocycles. The van der Waals surface area contributed by atoms with Crippen molar-refractivity contribution in [3.63, 3.8) is 0 Å². The van der Waals surface area contributed by atoms with Crippen molar-refractivity contribution in [2.24, 2.45) is 0 Å². The summed E-state index contributed by atoms with van der Waals surface area (Å²) in [5.74, 6) is 0.646. The van der Waals surface area contributed by atoms with E-state index in [0.717, 1.165) is 4.73 Å². The van der Waals surface area contributed by atoms with Crippen molar-refractivity contribution in [1.29, 1.82) is 0 Å². The van der Waals surface area contributed by atoms with Gasteiger partial charge in [-0.1, -0.05) is 0 Å². The molecule has 8 nitrogen and oxygen atoms in total. The number of aromatic nitrogens is 3. The van der Waals surface area contributed by atoms with Crippen LogP contribution in [0.5, 0.6) is 0 Å². The summed E-state index contributed by atoms with van der Waals surface area (Å²) in [5, 5.41) is 30.6. The molecule has 1 aromatic carbocycles. The van der Waals surface area contributed by atoms with Gasteiger partial charge in [0.1, 0.15) is 0 Å². The number of hydrogen-bond donors (Lipinski definition) is 0. The lowest BCUT2D eigenvalue weighted by Crippen LogP contribution is -2.27. The van der Waals surface area contributed by atoms with Gasteiger partial charge in [0.05, 0.1) is 10.2 Å². The van der Waals surface area contributed by atoms with Crippen molar-refractivity contribution in [2.75, 3.05) is 0 Å². The number of nitro groups is 1. The van der Waals surface area contributed by atoms with Crippen LogP contribution in [-0.2, 0) is 0 Å². The highest BCUT2D eigenvalue weighted by Crippen LogP contribution is 2.33. The zero-order valence-corrected chi connectivity index (χ0v) is 13.3. The number of thioether (sulfide) groups is 1. The van der Waals surface area contributed by atoms with Crippen LogP contribution in [0.1, 0.15) is 18.1 Å². The highest BCUT2D eigenvalue weighted by atomic mass is 32.2. The summed E-state index contributed by atoms with van der Waals surface area (Å²) in [6.45, 7) is 1.85. The maximum absolute atomic E-state index is 11.7. The largest absolute Gasteiger partial charge is 0.618 e. The Hall–Kier alpha value is -2.94. The maximum Gasteiger partial charge on any atom is 0.269 e. The molecule has 0 aliphatic heterocycles. The summed E-state index contributed by atoms with van der Waals surface area (Å²) >= 11 is 1.30. The predicted octanol–water partition coefficient (Wildman–Crippen LogP) is 3.13. The van der Waals surface area contributed by atoms with Crippen LogP contribution in [-0.4, -0.2) is 15.1 Å². The lowest BCUT2D eigenvalue weighted by Gasteiger charge is -2.06. The Labute approximate surface area is 140 Å². The van der Waals surface area contributed by atoms with Crippen LogP contribution >= 0.6 is 11.8 Å². The molecule has 9 heteroatoms. The fourth-order valence-corrected chi connectivity index (χ4v) is 2.86. The fraction of sp³-hybridized carbons (Fsp3) is 0.133. The molecule has 0 amide bonds. The third-order valence-corrected chi connectivity index (χ3v) is 4.31. The van der Waals surface area contributed by atoms with Crippen LogP contribution in [0.2, 0.25) is 0 Å². The molecule has 3 rings (SSSR count). The zero-order valence-electron chi connectivity index (χ0n) is 12.5. The summed E-state index contributed by atoms with van der Waals surface area (Å²) in [7, 11) is 0. The smallest absolute Gasteiger partial charge is 0.269 e. The molecule has 3 aromatic rings. The maximum atomic E-state index is 11.7. The molecule has 0 N–H and O–H groups in total. The second kappa shape index (κ2) is 6.67. The van der Waals surface area contributed by atoms with E-state index in [4.69, 9.17) is 4.42 Å². The van der Waals surface area contributed by atoms with E-state index >= 15 is 0 Å². The summed E-state index contributed by atoms with van der Waals surface area (Å²) < 4.78 is 6.39. The topological polar surface area (TPSA) is 109 Å². The van der Waals surface area contributed by atoms with E-state index in [2.05, 4.69) is 10.2 Å². The number of nitrogens with zero attached hydrogens (tertiary/aromatic N) is 4. The molecule has 0 aliphatic rings. The molecule has 0 saturated heterocycles. The molecular weight excluding hydrogens is 332 g/mol. The van der Waals surface area contributed by atoms with Crippen molar-refractivity contribution in [1.82, 2.24) is 10.2 Å². The molecule has 2 aromatic heterocycles. The number of non-ortho nitro benzene ring substituents is 1. The van der Waals surface area contributed by atoms with E-state index in [9.17, 15) is 15.3 Å². The first-order valence-electron chi connectivity index (χ1n) is 6.97. The average molecular weight is 344 g/mol. The monoisotopic (exact) mass is 344 g/mol. The number of hydrogen-bond acceptors (Lipinski definition) is 7. The van der Waals surface area contributed by atoms with Gasteiger partial charge in [0, 0.05) is 29.8 Å². The molecule has 24 heavy (non-hydrogen) atoms. The van der Waals surface area contributed by atoms with Gasteiger partial charge < -0.3 is 9.62 Å². The third-order valence-electron chi connectivity index (χ3n) is 3.20. The van der Waals surface area contributed by atoms with Gasteiger partial charge in [-0.25, -0.2) is 0 Å². The van der Waals surface area contributed by atoms with E-state index in [-0.39, 0.29) is 16.8 Å². The van der Waals surface area contributed by atoms with Crippen molar-refractivity contribution in [3.05, 3.63) is 69.9 Å². The zero-order chi connectivity index (χ0) is 17.1. The SMILES string of the molecule is C[C@@H](Sc1cccc[n+]1[O-])c1nnc(-c2ccc([N+](=O)[O-])cc2)o1. The molecule has 0 unspecified atom stereocenters. The fourth-order valence-electron chi connectivity index (χ4n) is 1.98. The summed E-state index contributed by atoms with van der Waals surface area (Å²) in [5.41, 5.74) is 0.585. The van der Waals surface area contributed by atoms with Crippen LogP contribution in [0.15, 0.2) is 58.1 Å². The van der Waals surface area contributed by atoms with Crippen LogP contribution in [0.4, 0.5) is 5.69 Å². The number of nitro benzene ring substituents is 1. The highest BCUT2D eigenvalue weighted by molar-refractivity contribution is 7.99. The first-order chi connectivity index (χ1) is 11.5. The Morgan fingerprint density at radius 2 is 1.96 bits per heavy atom. The molecule has 122 valence electrons. The van der Waals surface area contributed by atoms with E-state index in [1.165, 1.54) is 30.1 Å². The molecular formula is C15H12N4O4S. The van der Waals surface area contributed by atoms with Gasteiger partial charge in [-0.3, -0.25) is 10.1 Å². The third kappa shape index (κ3) is 3.35. The van der Waals surface area contributed by atoms with E-state index < -0.39 is 4.92 Å². The first-order valence-corrected chi connectivity index (χ1v) is 7.85. The molecule has 0 spiro atoms. The Morgan fingerprint density at radius 1 is 1.21 bits per heavy atom. The normalized spacial score (nSPS) is 12.0. The van der Waals surface area contributed by atoms with Crippen LogP contribution in [0, 0.1) is 15.3 Å². The Kier molecular flexibility index (Phi) is 4.43. The van der Waals surface area contributed by atoms with Gasteiger partial charge >= 0.3 is 0 Å².